The van der Waals surface area contributed by atoms with Crippen molar-refractivity contribution in [2.45, 2.75) is 22.5 Å². The van der Waals surface area contributed by atoms with Crippen LogP contribution in [-0.2, 0) is 25.9 Å². The number of halogens is 3. The van der Waals surface area contributed by atoms with Crippen LogP contribution >= 0.6 is 0 Å². The van der Waals surface area contributed by atoms with E-state index in [-0.39, 0.29) is 46.4 Å². The van der Waals surface area contributed by atoms with Crippen LogP contribution in [0.4, 0.5) is 0 Å². The first-order chi connectivity index (χ1) is 13.2. The minimum Gasteiger partial charge on any atom is -1.00 e. The molecule has 0 bridgehead atoms. The molecule has 0 spiro atoms. The van der Waals surface area contributed by atoms with Crippen molar-refractivity contribution in [3.63, 3.8) is 0 Å². The van der Waals surface area contributed by atoms with Crippen LogP contribution in [0.5, 0.6) is 0 Å². The second-order valence-corrected chi connectivity index (χ2v) is 8.29. The van der Waals surface area contributed by atoms with E-state index in [0.29, 0.717) is 0 Å². The minimum atomic E-state index is -0.286. The van der Waals surface area contributed by atoms with Gasteiger partial charge in [0.2, 0.25) is 0 Å². The van der Waals surface area contributed by atoms with Crippen LogP contribution in [-0.4, -0.2) is 0 Å². The molecule has 0 radical (unpaired) electrons. The average Bonchev–Trinajstić information content (AvgIpc) is 3.12. The zero-order valence-corrected chi connectivity index (χ0v) is 20.6. The van der Waals surface area contributed by atoms with Gasteiger partial charge >= 0.3 is 174 Å². The number of allylic oxidation sites excluding steroid dienone is 4. The molecule has 0 heterocycles. The first-order valence-corrected chi connectivity index (χ1v) is 10.3. The zero-order chi connectivity index (χ0) is 18.7. The molecule has 152 valence electrons. The van der Waals surface area contributed by atoms with E-state index in [4.69, 9.17) is 0 Å². The molecule has 0 saturated heterocycles. The largest absolute Gasteiger partial charge is 1.00 e. The summed E-state index contributed by atoms with van der Waals surface area (Å²) >= 11 is 2.40. The maximum Gasteiger partial charge on any atom is -1.00 e. The van der Waals surface area contributed by atoms with E-state index in [1.807, 2.05) is 0 Å². The molecule has 0 amide bonds. The van der Waals surface area contributed by atoms with Crippen molar-refractivity contribution < 1.29 is 57.7 Å². The molecule has 1 atom stereocenters. The summed E-state index contributed by atoms with van der Waals surface area (Å²) in [5, 5.41) is 0. The number of hydrogen-bond donors (Lipinski definition) is 0. The van der Waals surface area contributed by atoms with Crippen LogP contribution in [0.15, 0.2) is 115 Å². The molecule has 0 N–H and O–H groups in total. The molecule has 0 fully saturated rings. The Bertz CT molecular complexity index is 872. The Labute approximate surface area is 210 Å². The SMILES string of the molecule is CCC1=CC=C[C]1([Ti+3])C(c1ccccc1)(c1ccccc1)c1ccccc1.[Cl-].[Cl-].[Cl-]. The van der Waals surface area contributed by atoms with Gasteiger partial charge in [0, 0.05) is 0 Å². The summed E-state index contributed by atoms with van der Waals surface area (Å²) in [6.07, 6.45) is 7.99. The van der Waals surface area contributed by atoms with Gasteiger partial charge in [-0.3, -0.25) is 0 Å². The molecule has 0 saturated carbocycles. The predicted molar refractivity (Wildman–Crippen MR) is 109 cm³/mol. The third-order valence-corrected chi connectivity index (χ3v) is 7.09. The van der Waals surface area contributed by atoms with Crippen molar-refractivity contribution in [3.05, 3.63) is 131 Å². The van der Waals surface area contributed by atoms with Crippen LogP contribution in [0.3, 0.4) is 0 Å². The van der Waals surface area contributed by atoms with Gasteiger partial charge in [-0.1, -0.05) is 0 Å². The monoisotopic (exact) mass is 488 g/mol. The average molecular weight is 490 g/mol. The topological polar surface area (TPSA) is 0 Å². The second kappa shape index (κ2) is 11.4. The fourth-order valence-corrected chi connectivity index (χ4v) is 5.79. The fourth-order valence-electron chi connectivity index (χ4n) is 4.56. The van der Waals surface area contributed by atoms with Gasteiger partial charge in [0.15, 0.2) is 0 Å². The van der Waals surface area contributed by atoms with Gasteiger partial charge < -0.3 is 37.2 Å². The van der Waals surface area contributed by atoms with Crippen molar-refractivity contribution >= 4 is 0 Å². The van der Waals surface area contributed by atoms with Crippen LogP contribution in [0.25, 0.3) is 0 Å². The van der Waals surface area contributed by atoms with E-state index in [1.54, 1.807) is 0 Å². The molecule has 4 heteroatoms. The number of rotatable bonds is 5. The standard InChI is InChI=1S/C26H23.3ClH.Ti/c1-2-21-13-12-20-25(21)26(22-14-6-3-7-15-22,23-16-8-4-9-17-23)24-18-10-5-11-19-24;;;;/h3-20H,2H2,1H3;3*1H;/q;;;;+3/p-3. The Kier molecular flexibility index (Phi) is 10.1. The van der Waals surface area contributed by atoms with Gasteiger partial charge in [-0.25, -0.2) is 0 Å². The Hall–Kier alpha value is -1.28. The molecule has 1 unspecified atom stereocenters. The summed E-state index contributed by atoms with van der Waals surface area (Å²) in [4.78, 5) is 0. The van der Waals surface area contributed by atoms with E-state index >= 15 is 0 Å². The van der Waals surface area contributed by atoms with Gasteiger partial charge in [-0.05, 0) is 0 Å². The van der Waals surface area contributed by atoms with Crippen molar-refractivity contribution in [2.24, 2.45) is 0 Å². The summed E-state index contributed by atoms with van der Waals surface area (Å²) in [5.74, 6) is 0. The van der Waals surface area contributed by atoms with Crippen molar-refractivity contribution in [2.75, 3.05) is 0 Å². The van der Waals surface area contributed by atoms with Crippen molar-refractivity contribution in [1.29, 1.82) is 0 Å². The molecular formula is C26H23Cl3Ti. The predicted octanol–water partition coefficient (Wildman–Crippen LogP) is -2.36. The summed E-state index contributed by atoms with van der Waals surface area (Å²) < 4.78 is -0.133. The van der Waals surface area contributed by atoms with Crippen LogP contribution in [0.1, 0.15) is 30.0 Å². The van der Waals surface area contributed by atoms with Gasteiger partial charge in [0.1, 0.15) is 0 Å². The molecule has 3 aromatic rings. The Morgan fingerprint density at radius 1 is 0.667 bits per heavy atom. The summed E-state index contributed by atoms with van der Waals surface area (Å²) in [6, 6.07) is 33.0. The van der Waals surface area contributed by atoms with E-state index in [2.05, 4.69) is 137 Å². The molecule has 30 heavy (non-hydrogen) atoms. The van der Waals surface area contributed by atoms with Gasteiger partial charge in [-0.15, -0.1) is 0 Å². The van der Waals surface area contributed by atoms with Crippen LogP contribution in [0.2, 0.25) is 3.72 Å². The van der Waals surface area contributed by atoms with Crippen LogP contribution < -0.4 is 37.2 Å². The smallest absolute Gasteiger partial charge is 1.00 e. The fraction of sp³-hybridized carbons (Fsp3) is 0.154. The Morgan fingerprint density at radius 2 is 1.03 bits per heavy atom. The van der Waals surface area contributed by atoms with Gasteiger partial charge in [0.05, 0.1) is 0 Å². The van der Waals surface area contributed by atoms with Gasteiger partial charge in [0.25, 0.3) is 0 Å². The maximum absolute atomic E-state index is 2.40. The maximum atomic E-state index is 2.40. The summed E-state index contributed by atoms with van der Waals surface area (Å²) in [7, 11) is 0. The van der Waals surface area contributed by atoms with Crippen molar-refractivity contribution in [1.82, 2.24) is 0 Å². The van der Waals surface area contributed by atoms with E-state index in [1.165, 1.54) is 22.3 Å². The second-order valence-electron chi connectivity index (χ2n) is 7.06. The third-order valence-electron chi connectivity index (χ3n) is 5.74. The number of benzene rings is 3. The van der Waals surface area contributed by atoms with E-state index in [0.717, 1.165) is 6.42 Å². The normalized spacial score (nSPS) is 17.2. The number of hydrogen-bond acceptors (Lipinski definition) is 0. The summed E-state index contributed by atoms with van der Waals surface area (Å²) in [5.41, 5.74) is 5.17. The Morgan fingerprint density at radius 3 is 1.37 bits per heavy atom. The Balaban J connectivity index is 0.00000150. The molecule has 1 aliphatic carbocycles. The van der Waals surface area contributed by atoms with Gasteiger partial charge in [-0.2, -0.15) is 0 Å². The molecule has 3 aromatic carbocycles. The molecule has 1 aliphatic rings. The quantitative estimate of drug-likeness (QED) is 0.278. The van der Waals surface area contributed by atoms with E-state index < -0.39 is 0 Å². The van der Waals surface area contributed by atoms with Crippen molar-refractivity contribution in [3.8, 4) is 0 Å². The first-order valence-electron chi connectivity index (χ1n) is 9.54. The summed E-state index contributed by atoms with van der Waals surface area (Å²) in [6.45, 7) is 2.27. The first kappa shape index (κ1) is 26.8. The molecule has 0 aliphatic heterocycles. The zero-order valence-electron chi connectivity index (χ0n) is 16.7. The molecular weight excluding hydrogens is 467 g/mol. The third kappa shape index (κ3) is 4.22. The molecule has 0 nitrogen and oxygen atoms in total. The minimum absolute atomic E-state index is 0. The molecule has 4 rings (SSSR count). The van der Waals surface area contributed by atoms with E-state index in [9.17, 15) is 0 Å². The van der Waals surface area contributed by atoms with Crippen LogP contribution in [0, 0.1) is 0 Å². The molecule has 0 aromatic heterocycles.